The van der Waals surface area contributed by atoms with Crippen molar-refractivity contribution in [2.75, 3.05) is 11.5 Å². The van der Waals surface area contributed by atoms with Gasteiger partial charge in [-0.2, -0.15) is 4.98 Å². The van der Waals surface area contributed by atoms with Gasteiger partial charge in [0.05, 0.1) is 18.3 Å². The van der Waals surface area contributed by atoms with Crippen LogP contribution in [0.4, 0.5) is 11.8 Å². The summed E-state index contributed by atoms with van der Waals surface area (Å²) in [5.41, 5.74) is 13.7. The highest BCUT2D eigenvalue weighted by Crippen LogP contribution is 2.35. The number of nitrogens with zero attached hydrogens (tertiary/aromatic N) is 3. The van der Waals surface area contributed by atoms with Gasteiger partial charge in [0.2, 0.25) is 5.95 Å². The molecule has 0 saturated heterocycles. The van der Waals surface area contributed by atoms with Crippen molar-refractivity contribution in [3.63, 3.8) is 0 Å². The van der Waals surface area contributed by atoms with Gasteiger partial charge in [-0.25, -0.2) is 4.98 Å². The van der Waals surface area contributed by atoms with Crippen molar-refractivity contribution >= 4 is 17.7 Å². The van der Waals surface area contributed by atoms with Crippen LogP contribution in [0.25, 0.3) is 0 Å². The van der Waals surface area contributed by atoms with Crippen LogP contribution in [0.2, 0.25) is 0 Å². The fourth-order valence-corrected chi connectivity index (χ4v) is 2.49. The molecule has 0 spiro atoms. The van der Waals surface area contributed by atoms with Crippen molar-refractivity contribution in [3.8, 4) is 0 Å². The van der Waals surface area contributed by atoms with Crippen molar-refractivity contribution in [2.45, 2.75) is 19.5 Å². The van der Waals surface area contributed by atoms with E-state index >= 15 is 0 Å². The Morgan fingerprint density at radius 2 is 1.95 bits per heavy atom. The minimum absolute atomic E-state index is 0.0472. The van der Waals surface area contributed by atoms with Crippen molar-refractivity contribution in [1.29, 1.82) is 0 Å². The molecule has 2 aromatic rings. The largest absolute Gasteiger partial charge is 0.383 e. The van der Waals surface area contributed by atoms with Gasteiger partial charge in [0.25, 0.3) is 5.91 Å². The molecule has 20 heavy (non-hydrogen) atoms. The van der Waals surface area contributed by atoms with Crippen molar-refractivity contribution in [3.05, 3.63) is 47.2 Å². The number of nitrogens with two attached hydrogens (primary N) is 2. The van der Waals surface area contributed by atoms with E-state index in [-0.39, 0.29) is 17.9 Å². The lowest BCUT2D eigenvalue weighted by atomic mass is 10.1. The first-order valence-corrected chi connectivity index (χ1v) is 6.35. The van der Waals surface area contributed by atoms with Crippen LogP contribution >= 0.6 is 0 Å². The summed E-state index contributed by atoms with van der Waals surface area (Å²) >= 11 is 0. The summed E-state index contributed by atoms with van der Waals surface area (Å²) in [6, 6.07) is 8.98. The third-order valence-corrected chi connectivity index (χ3v) is 3.56. The standard InChI is InChI=1S/C14H15N5O/c1-8-11-10(12(15)18-14(16)17-11)7-19(8)13(20)9-5-3-2-4-6-9/h2-6,8H,7H2,1H3,(H4,15,16,17,18)/t8-/m1/s1. The third kappa shape index (κ3) is 1.85. The summed E-state index contributed by atoms with van der Waals surface area (Å²) in [6.45, 7) is 2.33. The van der Waals surface area contributed by atoms with E-state index < -0.39 is 0 Å². The molecule has 1 aromatic carbocycles. The third-order valence-electron chi connectivity index (χ3n) is 3.56. The van der Waals surface area contributed by atoms with E-state index in [1.165, 1.54) is 0 Å². The molecular formula is C14H15N5O. The predicted molar refractivity (Wildman–Crippen MR) is 75.6 cm³/mol. The molecular weight excluding hydrogens is 254 g/mol. The van der Waals surface area contributed by atoms with Crippen LogP contribution in [0.3, 0.4) is 0 Å². The molecule has 1 aliphatic rings. The molecule has 6 nitrogen and oxygen atoms in total. The lowest BCUT2D eigenvalue weighted by Crippen LogP contribution is -2.28. The average Bonchev–Trinajstić information content (AvgIpc) is 2.77. The first kappa shape index (κ1) is 12.4. The Morgan fingerprint density at radius 1 is 1.25 bits per heavy atom. The fraction of sp³-hybridized carbons (Fsp3) is 0.214. The number of amides is 1. The summed E-state index contributed by atoms with van der Waals surface area (Å²) < 4.78 is 0. The Bertz CT molecular complexity index is 671. The zero-order chi connectivity index (χ0) is 14.3. The molecule has 0 saturated carbocycles. The molecule has 0 bridgehead atoms. The van der Waals surface area contributed by atoms with Gasteiger partial charge in [-0.1, -0.05) is 18.2 Å². The number of hydrogen-bond donors (Lipinski definition) is 2. The summed E-state index contributed by atoms with van der Waals surface area (Å²) in [5, 5.41) is 0. The number of carbonyl (C=O) groups excluding carboxylic acids is 1. The molecule has 6 heteroatoms. The maximum absolute atomic E-state index is 12.5. The number of anilines is 2. The van der Waals surface area contributed by atoms with Crippen LogP contribution < -0.4 is 11.5 Å². The van der Waals surface area contributed by atoms with Gasteiger partial charge in [-0.05, 0) is 19.1 Å². The molecule has 102 valence electrons. The summed E-state index contributed by atoms with van der Waals surface area (Å²) in [4.78, 5) is 22.4. The number of rotatable bonds is 1. The van der Waals surface area contributed by atoms with Crippen molar-refractivity contribution in [2.24, 2.45) is 0 Å². The molecule has 3 rings (SSSR count). The smallest absolute Gasteiger partial charge is 0.254 e. The average molecular weight is 269 g/mol. The topological polar surface area (TPSA) is 98.1 Å². The van der Waals surface area contributed by atoms with Crippen molar-refractivity contribution < 1.29 is 4.79 Å². The van der Waals surface area contributed by atoms with Gasteiger partial charge in [-0.3, -0.25) is 4.79 Å². The molecule has 0 aliphatic carbocycles. The highest BCUT2D eigenvalue weighted by Gasteiger charge is 2.34. The van der Waals surface area contributed by atoms with E-state index in [9.17, 15) is 4.79 Å². The Balaban J connectivity index is 1.96. The van der Waals surface area contributed by atoms with E-state index in [0.29, 0.717) is 17.9 Å². The first-order chi connectivity index (χ1) is 9.58. The Kier molecular flexibility index (Phi) is 2.78. The second-order valence-corrected chi connectivity index (χ2v) is 4.81. The molecule has 1 aromatic heterocycles. The van der Waals surface area contributed by atoms with Gasteiger partial charge in [0.15, 0.2) is 0 Å². The maximum Gasteiger partial charge on any atom is 0.254 e. The highest BCUT2D eigenvalue weighted by atomic mass is 16.2. The second kappa shape index (κ2) is 4.48. The van der Waals surface area contributed by atoms with Gasteiger partial charge >= 0.3 is 0 Å². The zero-order valence-corrected chi connectivity index (χ0v) is 11.1. The summed E-state index contributed by atoms with van der Waals surface area (Å²) in [6.07, 6.45) is 0. The molecule has 2 heterocycles. The number of fused-ring (bicyclic) bond motifs is 1. The van der Waals surface area contributed by atoms with Crippen LogP contribution in [-0.2, 0) is 6.54 Å². The number of aromatic nitrogens is 2. The summed E-state index contributed by atoms with van der Waals surface area (Å²) in [7, 11) is 0. The Labute approximate surface area is 116 Å². The van der Waals surface area contributed by atoms with Crippen LogP contribution in [0.1, 0.15) is 34.6 Å². The molecule has 1 atom stereocenters. The monoisotopic (exact) mass is 269 g/mol. The first-order valence-electron chi connectivity index (χ1n) is 6.35. The van der Waals surface area contributed by atoms with E-state index in [4.69, 9.17) is 11.5 Å². The number of nitrogen functional groups attached to an aromatic ring is 2. The Hall–Kier alpha value is -2.63. The quantitative estimate of drug-likeness (QED) is 0.814. The number of hydrogen-bond acceptors (Lipinski definition) is 5. The van der Waals surface area contributed by atoms with Crippen molar-refractivity contribution in [1.82, 2.24) is 14.9 Å². The van der Waals surface area contributed by atoms with Crippen LogP contribution in [0.15, 0.2) is 30.3 Å². The predicted octanol–water partition coefficient (Wildman–Crippen LogP) is 1.36. The minimum atomic E-state index is -0.162. The number of benzene rings is 1. The minimum Gasteiger partial charge on any atom is -0.383 e. The molecule has 0 unspecified atom stereocenters. The Morgan fingerprint density at radius 3 is 2.65 bits per heavy atom. The summed E-state index contributed by atoms with van der Waals surface area (Å²) in [5.74, 6) is 0.443. The normalized spacial score (nSPS) is 17.1. The lowest BCUT2D eigenvalue weighted by Gasteiger charge is -2.21. The van der Waals surface area contributed by atoms with Gasteiger partial charge in [0.1, 0.15) is 5.82 Å². The van der Waals surface area contributed by atoms with Crippen LogP contribution in [0.5, 0.6) is 0 Å². The van der Waals surface area contributed by atoms with Gasteiger partial charge in [0, 0.05) is 11.1 Å². The van der Waals surface area contributed by atoms with E-state index in [1.54, 1.807) is 17.0 Å². The van der Waals surface area contributed by atoms with E-state index in [2.05, 4.69) is 9.97 Å². The van der Waals surface area contributed by atoms with E-state index in [0.717, 1.165) is 11.3 Å². The fourth-order valence-electron chi connectivity index (χ4n) is 2.49. The maximum atomic E-state index is 12.5. The van der Waals surface area contributed by atoms with E-state index in [1.807, 2.05) is 25.1 Å². The SMILES string of the molecule is C[C@@H]1c2nc(N)nc(N)c2CN1C(=O)c1ccccc1. The highest BCUT2D eigenvalue weighted by molar-refractivity contribution is 5.94. The molecule has 0 fully saturated rings. The molecule has 1 amide bonds. The van der Waals surface area contributed by atoms with Crippen LogP contribution in [0, 0.1) is 0 Å². The van der Waals surface area contributed by atoms with Crippen LogP contribution in [-0.4, -0.2) is 20.8 Å². The zero-order valence-electron chi connectivity index (χ0n) is 11.1. The molecule has 0 radical (unpaired) electrons. The number of carbonyl (C=O) groups is 1. The molecule has 4 N–H and O–H groups in total. The molecule has 1 aliphatic heterocycles. The lowest BCUT2D eigenvalue weighted by molar-refractivity contribution is 0.0703. The second-order valence-electron chi connectivity index (χ2n) is 4.81. The van der Waals surface area contributed by atoms with Gasteiger partial charge in [-0.15, -0.1) is 0 Å². The van der Waals surface area contributed by atoms with Gasteiger partial charge < -0.3 is 16.4 Å².